The van der Waals surface area contributed by atoms with Gasteiger partial charge < -0.3 is 15.0 Å². The fourth-order valence-corrected chi connectivity index (χ4v) is 5.63. The quantitative estimate of drug-likeness (QED) is 0.287. The van der Waals surface area contributed by atoms with Crippen molar-refractivity contribution in [2.75, 3.05) is 18.0 Å². The minimum absolute atomic E-state index is 0.0911. The number of aryl methyl sites for hydroxylation is 1. The summed E-state index contributed by atoms with van der Waals surface area (Å²) in [4.78, 5) is 28.1. The molecule has 12 heteroatoms. The van der Waals surface area contributed by atoms with Crippen molar-refractivity contribution in [3.63, 3.8) is 0 Å². The summed E-state index contributed by atoms with van der Waals surface area (Å²) in [5, 5.41) is 2.83. The fourth-order valence-electron chi connectivity index (χ4n) is 4.22. The third kappa shape index (κ3) is 8.50. The first-order valence-corrected chi connectivity index (χ1v) is 15.1. The van der Waals surface area contributed by atoms with Crippen molar-refractivity contribution in [1.29, 1.82) is 0 Å². The largest absolute Gasteiger partial charge is 0.497 e. The Morgan fingerprint density at radius 1 is 0.977 bits per heavy atom. The van der Waals surface area contributed by atoms with Gasteiger partial charge in [0.25, 0.3) is 10.0 Å². The second-order valence-corrected chi connectivity index (χ2v) is 12.1. The summed E-state index contributed by atoms with van der Waals surface area (Å²) in [5.74, 6) is -0.741. The molecule has 0 radical (unpaired) electrons. The second kappa shape index (κ2) is 13.9. The molecule has 0 aromatic heterocycles. The van der Waals surface area contributed by atoms with Crippen molar-refractivity contribution < 1.29 is 35.9 Å². The molecule has 3 aromatic carbocycles. The van der Waals surface area contributed by atoms with Crippen molar-refractivity contribution in [2.24, 2.45) is 0 Å². The van der Waals surface area contributed by atoms with Crippen molar-refractivity contribution in [1.82, 2.24) is 10.2 Å². The SMILES string of the molecule is CCC(C)NC(=O)C(C)N(Cc1cccc(OC)c1)C(=O)CN(c1cccc(C(F)(F)F)c1)S(=O)(=O)c1ccc(C)cc1. The average Bonchev–Trinajstić information content (AvgIpc) is 2.97. The van der Waals surface area contributed by atoms with Crippen LogP contribution >= 0.6 is 0 Å². The first-order valence-electron chi connectivity index (χ1n) is 13.7. The molecule has 0 saturated heterocycles. The lowest BCUT2D eigenvalue weighted by Gasteiger charge is -2.32. The highest BCUT2D eigenvalue weighted by Gasteiger charge is 2.35. The molecule has 0 fully saturated rings. The number of hydrogen-bond donors (Lipinski definition) is 1. The van der Waals surface area contributed by atoms with Crippen LogP contribution in [0.5, 0.6) is 5.75 Å². The minimum atomic E-state index is -4.75. The molecular formula is C31H36F3N3O5S. The number of alkyl halides is 3. The van der Waals surface area contributed by atoms with E-state index in [1.165, 1.54) is 37.1 Å². The van der Waals surface area contributed by atoms with Gasteiger partial charge in [0.05, 0.1) is 23.3 Å². The van der Waals surface area contributed by atoms with Crippen molar-refractivity contribution >= 4 is 27.5 Å². The summed E-state index contributed by atoms with van der Waals surface area (Å²) in [6.07, 6.45) is -4.11. The standard InChI is InChI=1S/C31H36F3N3O5S/c1-6-22(3)35-30(39)23(4)36(19-24-9-7-12-27(17-24)42-5)29(38)20-37(26-11-8-10-25(18-26)31(32,33)34)43(40,41)28-15-13-21(2)14-16-28/h7-18,22-23H,6,19-20H2,1-5H3,(H,35,39). The lowest BCUT2D eigenvalue weighted by atomic mass is 10.1. The van der Waals surface area contributed by atoms with E-state index in [-0.39, 0.29) is 23.2 Å². The van der Waals surface area contributed by atoms with Gasteiger partial charge in [-0.2, -0.15) is 13.2 Å². The Morgan fingerprint density at radius 3 is 2.23 bits per heavy atom. The van der Waals surface area contributed by atoms with Gasteiger partial charge in [-0.1, -0.05) is 42.8 Å². The number of halogens is 3. The monoisotopic (exact) mass is 619 g/mol. The van der Waals surface area contributed by atoms with Crippen LogP contribution in [-0.4, -0.2) is 50.9 Å². The van der Waals surface area contributed by atoms with E-state index >= 15 is 0 Å². The Labute approximate surface area is 250 Å². The maximum atomic E-state index is 14.0. The number of rotatable bonds is 12. The van der Waals surface area contributed by atoms with Gasteiger partial charge in [0, 0.05) is 12.6 Å². The lowest BCUT2D eigenvalue weighted by molar-refractivity contribution is -0.139. The summed E-state index contributed by atoms with van der Waals surface area (Å²) in [6.45, 7) is 6.01. The third-order valence-corrected chi connectivity index (χ3v) is 8.79. The van der Waals surface area contributed by atoms with Gasteiger partial charge in [0.1, 0.15) is 18.3 Å². The maximum absolute atomic E-state index is 14.0. The summed E-state index contributed by atoms with van der Waals surface area (Å²) in [5.41, 5.74) is -0.0490. The van der Waals surface area contributed by atoms with E-state index in [9.17, 15) is 31.2 Å². The summed E-state index contributed by atoms with van der Waals surface area (Å²) in [6, 6.07) is 15.1. The highest BCUT2D eigenvalue weighted by atomic mass is 32.2. The molecule has 2 amide bonds. The minimum Gasteiger partial charge on any atom is -0.497 e. The van der Waals surface area contributed by atoms with Gasteiger partial charge in [-0.15, -0.1) is 0 Å². The zero-order valence-corrected chi connectivity index (χ0v) is 25.5. The van der Waals surface area contributed by atoms with E-state index < -0.39 is 46.2 Å². The van der Waals surface area contributed by atoms with Gasteiger partial charge in [-0.25, -0.2) is 8.42 Å². The van der Waals surface area contributed by atoms with Crippen LogP contribution in [0.2, 0.25) is 0 Å². The van der Waals surface area contributed by atoms with Crippen LogP contribution in [0, 0.1) is 6.92 Å². The Morgan fingerprint density at radius 2 is 1.63 bits per heavy atom. The number of ether oxygens (including phenoxy) is 1. The van der Waals surface area contributed by atoms with Crippen LogP contribution in [-0.2, 0) is 32.3 Å². The molecule has 43 heavy (non-hydrogen) atoms. The predicted molar refractivity (Wildman–Crippen MR) is 158 cm³/mol. The molecule has 0 aliphatic heterocycles. The van der Waals surface area contributed by atoms with Gasteiger partial charge in [0.15, 0.2) is 0 Å². The Kier molecular flexibility index (Phi) is 10.8. The van der Waals surface area contributed by atoms with Gasteiger partial charge in [0.2, 0.25) is 11.8 Å². The van der Waals surface area contributed by atoms with E-state index in [2.05, 4.69) is 5.32 Å². The molecule has 3 rings (SSSR count). The lowest BCUT2D eigenvalue weighted by Crippen LogP contribution is -2.52. The van der Waals surface area contributed by atoms with Gasteiger partial charge >= 0.3 is 6.18 Å². The van der Waals surface area contributed by atoms with Crippen molar-refractivity contribution in [3.8, 4) is 5.75 Å². The third-order valence-electron chi connectivity index (χ3n) is 7.00. The van der Waals surface area contributed by atoms with Crippen LogP contribution in [0.25, 0.3) is 0 Å². The second-order valence-electron chi connectivity index (χ2n) is 10.2. The number of methoxy groups -OCH3 is 1. The number of carbonyl (C=O) groups is 2. The highest BCUT2D eigenvalue weighted by molar-refractivity contribution is 7.92. The number of sulfonamides is 1. The fraction of sp³-hybridized carbons (Fsp3) is 0.355. The molecule has 232 valence electrons. The molecule has 2 atom stereocenters. The van der Waals surface area contributed by atoms with E-state index in [4.69, 9.17) is 4.74 Å². The molecule has 0 aliphatic rings. The Hall–Kier alpha value is -4.06. The van der Waals surface area contributed by atoms with Crippen LogP contribution in [0.1, 0.15) is 43.9 Å². The normalized spacial score (nSPS) is 13.1. The summed E-state index contributed by atoms with van der Waals surface area (Å²) >= 11 is 0. The molecule has 3 aromatic rings. The van der Waals surface area contributed by atoms with Crippen molar-refractivity contribution in [2.45, 2.75) is 63.8 Å². The molecule has 0 aliphatic carbocycles. The summed E-state index contributed by atoms with van der Waals surface area (Å²) in [7, 11) is -3.04. The zero-order chi connectivity index (χ0) is 31.9. The molecule has 0 saturated carbocycles. The maximum Gasteiger partial charge on any atom is 0.416 e. The first kappa shape index (κ1) is 33.4. The van der Waals surface area contributed by atoms with E-state index in [1.54, 1.807) is 43.3 Å². The van der Waals surface area contributed by atoms with Gasteiger partial charge in [-0.3, -0.25) is 13.9 Å². The number of hydrogen-bond acceptors (Lipinski definition) is 5. The van der Waals surface area contributed by atoms with Crippen molar-refractivity contribution in [3.05, 3.63) is 89.5 Å². The van der Waals surface area contributed by atoms with Crippen LogP contribution < -0.4 is 14.4 Å². The molecule has 0 heterocycles. The van der Waals surface area contributed by atoms with Gasteiger partial charge in [-0.05, 0) is 75.2 Å². The summed E-state index contributed by atoms with van der Waals surface area (Å²) < 4.78 is 74.5. The van der Waals surface area contributed by atoms with E-state index in [1.807, 2.05) is 13.8 Å². The number of carbonyl (C=O) groups excluding carboxylic acids is 2. The Balaban J connectivity index is 2.10. The molecule has 2 unspecified atom stereocenters. The average molecular weight is 620 g/mol. The highest BCUT2D eigenvalue weighted by Crippen LogP contribution is 2.33. The van der Waals surface area contributed by atoms with E-state index in [0.717, 1.165) is 17.7 Å². The van der Waals surface area contributed by atoms with Crippen LogP contribution in [0.15, 0.2) is 77.7 Å². The molecule has 0 bridgehead atoms. The smallest absolute Gasteiger partial charge is 0.416 e. The number of amides is 2. The van der Waals surface area contributed by atoms with Crippen LogP contribution in [0.4, 0.5) is 18.9 Å². The molecule has 1 N–H and O–H groups in total. The molecule has 8 nitrogen and oxygen atoms in total. The zero-order valence-electron chi connectivity index (χ0n) is 24.7. The molecular weight excluding hydrogens is 583 g/mol. The number of anilines is 1. The van der Waals surface area contributed by atoms with Crippen LogP contribution in [0.3, 0.4) is 0 Å². The number of benzene rings is 3. The predicted octanol–water partition coefficient (Wildman–Crippen LogP) is 5.55. The first-order chi connectivity index (χ1) is 20.2. The number of nitrogens with one attached hydrogen (secondary N) is 1. The number of nitrogens with zero attached hydrogens (tertiary/aromatic N) is 2. The Bertz CT molecular complexity index is 1530. The topological polar surface area (TPSA) is 96.0 Å². The van der Waals surface area contributed by atoms with E-state index in [0.29, 0.717) is 28.1 Å². The molecule has 0 spiro atoms.